The van der Waals surface area contributed by atoms with Crippen LogP contribution in [0.2, 0.25) is 8.87 Å². The fourth-order valence-electron chi connectivity index (χ4n) is 8.03. The van der Waals surface area contributed by atoms with Crippen molar-refractivity contribution in [2.24, 2.45) is 0 Å². The first-order valence-electron chi connectivity index (χ1n) is 17.4. The van der Waals surface area contributed by atoms with Gasteiger partial charge in [0.1, 0.15) is 0 Å². The van der Waals surface area contributed by atoms with Gasteiger partial charge in [-0.25, -0.2) is 0 Å². The molecule has 1 aliphatic rings. The molecule has 5 heteroatoms. The van der Waals surface area contributed by atoms with E-state index < -0.39 is 18.9 Å². The van der Waals surface area contributed by atoms with Crippen molar-refractivity contribution in [3.63, 3.8) is 0 Å². The molecule has 0 radical (unpaired) electrons. The van der Waals surface area contributed by atoms with Crippen molar-refractivity contribution in [2.45, 2.75) is 88.9 Å². The van der Waals surface area contributed by atoms with Crippen LogP contribution in [-0.2, 0) is 0 Å². The summed E-state index contributed by atoms with van der Waals surface area (Å²) in [6.07, 6.45) is 4.28. The van der Waals surface area contributed by atoms with Crippen LogP contribution >= 0.6 is 0 Å². The molecule has 3 heterocycles. The Morgan fingerprint density at radius 2 is 0.979 bits per heavy atom. The summed E-state index contributed by atoms with van der Waals surface area (Å²) in [4.78, 5) is 29.2. The summed E-state index contributed by atoms with van der Waals surface area (Å²) in [5.74, 6) is 0.0645. The van der Waals surface area contributed by atoms with Gasteiger partial charge in [0.25, 0.3) is 0 Å². The molecule has 0 bridgehead atoms. The number of benzene rings is 3. The average Bonchev–Trinajstić information content (AvgIpc) is 3.70. The summed E-state index contributed by atoms with van der Waals surface area (Å²) < 4.78 is 7.25. The third-order valence-corrected chi connectivity index (χ3v) is 24.4. The second kappa shape index (κ2) is 13.5. The number of fused-ring (bicyclic) bond motifs is 2. The van der Waals surface area contributed by atoms with E-state index in [0.717, 1.165) is 68.2 Å². The van der Waals surface area contributed by atoms with Crippen molar-refractivity contribution in [3.05, 3.63) is 152 Å². The molecule has 0 saturated heterocycles. The molecule has 1 aliphatic heterocycles. The van der Waals surface area contributed by atoms with Gasteiger partial charge < -0.3 is 0 Å². The number of rotatable bonds is 11. The van der Waals surface area contributed by atoms with E-state index >= 15 is 0 Å². The molecular formula is C42H48N2O2Sn. The number of carbonyl (C=O) groups excluding carboxylic acids is 2. The van der Waals surface area contributed by atoms with Crippen molar-refractivity contribution < 1.29 is 9.59 Å². The molecule has 2 aromatic heterocycles. The fourth-order valence-corrected chi connectivity index (χ4v) is 24.6. The Morgan fingerprint density at radius 1 is 0.574 bits per heavy atom. The van der Waals surface area contributed by atoms with Gasteiger partial charge in [-0.15, -0.1) is 0 Å². The first-order chi connectivity index (χ1) is 22.6. The maximum atomic E-state index is 14.6. The number of ketones is 2. The summed E-state index contributed by atoms with van der Waals surface area (Å²) in [5, 5.41) is 0. The predicted molar refractivity (Wildman–Crippen MR) is 196 cm³/mol. The molecule has 5 aromatic rings. The molecule has 0 spiro atoms. The number of nitrogens with zero attached hydrogens (tertiary/aromatic N) is 2. The molecule has 0 unspecified atom stereocenters. The molecule has 0 amide bonds. The summed E-state index contributed by atoms with van der Waals surface area (Å²) >= 11 is -3.91. The van der Waals surface area contributed by atoms with E-state index in [-0.39, 0.29) is 17.5 Å². The van der Waals surface area contributed by atoms with Gasteiger partial charge in [0.2, 0.25) is 0 Å². The van der Waals surface area contributed by atoms with Crippen LogP contribution < -0.4 is 0 Å². The average molecular weight is 732 g/mol. The molecule has 0 atom stereocenters. The topological polar surface area (TPSA) is 44.0 Å². The number of aryl methyl sites for hydroxylation is 5. The van der Waals surface area contributed by atoms with Crippen molar-refractivity contribution in [1.29, 1.82) is 0 Å². The minimum absolute atomic E-state index is 0.0726. The second-order valence-corrected chi connectivity index (χ2v) is 24.8. The fraction of sp³-hybridized carbons (Fsp3) is 0.333. The number of aromatic nitrogens is 2. The van der Waals surface area contributed by atoms with Crippen LogP contribution in [0.1, 0.15) is 122 Å². The molecule has 0 N–H and O–H groups in total. The van der Waals surface area contributed by atoms with Gasteiger partial charge in [0.15, 0.2) is 0 Å². The molecule has 0 saturated carbocycles. The Hall–Kier alpha value is -3.64. The van der Waals surface area contributed by atoms with Crippen LogP contribution in [0.25, 0.3) is 0 Å². The molecule has 47 heavy (non-hydrogen) atoms. The Kier molecular flexibility index (Phi) is 9.53. The van der Waals surface area contributed by atoms with E-state index in [1.54, 1.807) is 0 Å². The Labute approximate surface area is 285 Å². The monoisotopic (exact) mass is 732 g/mol. The first kappa shape index (κ1) is 33.3. The van der Waals surface area contributed by atoms with E-state index in [1.165, 1.54) is 33.6 Å². The van der Waals surface area contributed by atoms with Crippen LogP contribution in [0.5, 0.6) is 0 Å². The second-order valence-electron chi connectivity index (χ2n) is 13.8. The standard InChI is InChI=1S/C34H32N2O2.2C4H9.Sn/c1-20-6-10-25(11-7-20)33(37)29-16-14-27(35-29)32(31-23(4)18-22(3)19-24(31)5)28-15-17-30(36-28)34(38)26-12-8-21(2)9-13-26;2*1-3-4-2;/h6-19,32H,1-5H3,(H2,35,36,37,38);2*1,3-4H2,2H3;/q;;;+2/p-2. The van der Waals surface area contributed by atoms with Crippen molar-refractivity contribution in [1.82, 2.24) is 5.58 Å². The van der Waals surface area contributed by atoms with Gasteiger partial charge >= 0.3 is 287 Å². The van der Waals surface area contributed by atoms with Crippen molar-refractivity contribution in [3.8, 4) is 0 Å². The van der Waals surface area contributed by atoms with Crippen molar-refractivity contribution >= 4 is 30.5 Å². The zero-order valence-electron chi connectivity index (χ0n) is 29.1. The van der Waals surface area contributed by atoms with Crippen LogP contribution in [-0.4, -0.2) is 36.1 Å². The van der Waals surface area contributed by atoms with E-state index in [1.807, 2.05) is 48.5 Å². The number of carbonyl (C=O) groups is 2. The van der Waals surface area contributed by atoms with Crippen LogP contribution in [0.4, 0.5) is 0 Å². The van der Waals surface area contributed by atoms with Gasteiger partial charge in [-0.3, -0.25) is 0 Å². The summed E-state index contributed by atoms with van der Waals surface area (Å²) in [6.45, 7) is 15.2. The van der Waals surface area contributed by atoms with Crippen LogP contribution in [0.15, 0.2) is 84.9 Å². The normalized spacial score (nSPS) is 13.8. The Bertz CT molecular complexity index is 1800. The third-order valence-electron chi connectivity index (χ3n) is 10.2. The predicted octanol–water partition coefficient (Wildman–Crippen LogP) is 10.2. The third kappa shape index (κ3) is 5.88. The zero-order valence-corrected chi connectivity index (χ0v) is 32.0. The van der Waals surface area contributed by atoms with Gasteiger partial charge in [-0.05, 0) is 0 Å². The zero-order chi connectivity index (χ0) is 33.5. The number of hydrogen-bond donors (Lipinski definition) is 0. The van der Waals surface area contributed by atoms with Gasteiger partial charge in [0, 0.05) is 0 Å². The maximum absolute atomic E-state index is 14.6. The Balaban J connectivity index is 1.70. The summed E-state index contributed by atoms with van der Waals surface area (Å²) in [5.41, 5.74) is 12.7. The van der Waals surface area contributed by atoms with E-state index in [4.69, 9.17) is 0 Å². The molecule has 0 aliphatic carbocycles. The van der Waals surface area contributed by atoms with Gasteiger partial charge in [-0.2, -0.15) is 0 Å². The quantitative estimate of drug-likeness (QED) is 0.100. The number of hydrogen-bond acceptors (Lipinski definition) is 2. The van der Waals surface area contributed by atoms with Gasteiger partial charge in [0.05, 0.1) is 0 Å². The molecule has 242 valence electrons. The first-order valence-corrected chi connectivity index (χ1v) is 23.9. The molecule has 6 rings (SSSR count). The SMILES string of the molecule is CCC[CH2][Sn]1([CH2]CCC)[n]2c(C(=O)c3ccc(C)cc3)ccc2C(c2c(C)cc(C)cc2C)c2ccc(C(=O)c3ccc(C)cc3)[n]21. The molecular weight excluding hydrogens is 683 g/mol. The van der Waals surface area contributed by atoms with Crippen LogP contribution in [0, 0.1) is 34.6 Å². The van der Waals surface area contributed by atoms with Crippen LogP contribution in [0.3, 0.4) is 0 Å². The molecule has 4 nitrogen and oxygen atoms in total. The van der Waals surface area contributed by atoms with E-state index in [9.17, 15) is 9.59 Å². The number of unbranched alkanes of at least 4 members (excludes halogenated alkanes) is 2. The molecule has 3 aromatic carbocycles. The van der Waals surface area contributed by atoms with Gasteiger partial charge in [-0.1, -0.05) is 0 Å². The van der Waals surface area contributed by atoms with E-state index in [0.29, 0.717) is 0 Å². The summed E-state index contributed by atoms with van der Waals surface area (Å²) in [7, 11) is 0. The van der Waals surface area contributed by atoms with E-state index in [2.05, 4.69) is 90.4 Å². The summed E-state index contributed by atoms with van der Waals surface area (Å²) in [6, 6.07) is 29.2. The Morgan fingerprint density at radius 3 is 1.36 bits per heavy atom. The minimum atomic E-state index is -3.91. The van der Waals surface area contributed by atoms with Crippen molar-refractivity contribution in [2.75, 3.05) is 0 Å². The molecule has 0 fully saturated rings.